The van der Waals surface area contributed by atoms with E-state index in [2.05, 4.69) is 64.8 Å². The Morgan fingerprint density at radius 1 is 0.821 bits per heavy atom. The number of anilines is 2. The van der Waals surface area contributed by atoms with E-state index in [0.717, 1.165) is 113 Å². The fraction of sp³-hybridized carbons (Fsp3) is 0.500. The quantitative estimate of drug-likeness (QED) is 0.211. The minimum Gasteiger partial charge on any atom is -0.371 e. The summed E-state index contributed by atoms with van der Waals surface area (Å²) in [4.78, 5) is 49.3. The zero-order chi connectivity index (χ0) is 38.3. The lowest BCUT2D eigenvalue weighted by atomic mass is 9.70. The summed E-state index contributed by atoms with van der Waals surface area (Å²) < 4.78 is 33.6. The van der Waals surface area contributed by atoms with Crippen LogP contribution in [0.5, 0.6) is 0 Å². The van der Waals surface area contributed by atoms with Crippen LogP contribution in [-0.4, -0.2) is 72.1 Å². The molecule has 5 aliphatic heterocycles. The molecule has 2 spiro atoms. The number of aromatic nitrogens is 2. The summed E-state index contributed by atoms with van der Waals surface area (Å²) in [7, 11) is 0. The molecule has 4 saturated heterocycles. The third-order valence-corrected chi connectivity index (χ3v) is 14.9. The molecule has 1 unspecified atom stereocenters. The minimum atomic E-state index is -0.985. The van der Waals surface area contributed by atoms with Gasteiger partial charge in [-0.3, -0.25) is 24.3 Å². The molecule has 1 aromatic heterocycles. The summed E-state index contributed by atoms with van der Waals surface area (Å²) in [6, 6.07) is 15.7. The molecule has 4 aromatic rings. The maximum atomic E-state index is 15.2. The molecular weight excluding hydrogens is 778 g/mol. The number of amides is 2. The number of rotatable bonds is 5. The Hall–Kier alpha value is -4.16. The number of hydrogen-bond donors (Lipinski definition) is 1. The normalized spacial score (nSPS) is 23.4. The molecule has 0 bridgehead atoms. The molecule has 1 N–H and O–H groups in total. The Kier molecular flexibility index (Phi) is 8.89. The van der Waals surface area contributed by atoms with Crippen molar-refractivity contribution < 1.29 is 18.4 Å². The van der Waals surface area contributed by atoms with E-state index in [1.165, 1.54) is 35.5 Å². The van der Waals surface area contributed by atoms with Crippen molar-refractivity contribution in [3.63, 3.8) is 0 Å². The number of imide groups is 1. The first-order valence-corrected chi connectivity index (χ1v) is 21.3. The van der Waals surface area contributed by atoms with Crippen molar-refractivity contribution in [2.45, 2.75) is 82.0 Å². The first kappa shape index (κ1) is 36.2. The van der Waals surface area contributed by atoms with Gasteiger partial charge in [-0.2, -0.15) is 4.98 Å². The molecule has 1 aliphatic carbocycles. The smallest absolute Gasteiger partial charge is 0.281 e. The summed E-state index contributed by atoms with van der Waals surface area (Å²) in [6.45, 7) is 6.77. The van der Waals surface area contributed by atoms with Crippen LogP contribution in [0.1, 0.15) is 93.5 Å². The third-order valence-electron chi connectivity index (χ3n) is 14.2. The summed E-state index contributed by atoms with van der Waals surface area (Å²) in [5.41, 5.74) is 4.83. The zero-order valence-corrected chi connectivity index (χ0v) is 33.2. The maximum absolute atomic E-state index is 15.2. The molecular formula is C44H47BrF2N6O3. The predicted octanol–water partition coefficient (Wildman–Crippen LogP) is 7.33. The van der Waals surface area contributed by atoms with Crippen molar-refractivity contribution >= 4 is 50.0 Å². The van der Waals surface area contributed by atoms with Crippen molar-refractivity contribution in [1.82, 2.24) is 19.8 Å². The van der Waals surface area contributed by atoms with Crippen molar-refractivity contribution in [2.24, 2.45) is 11.3 Å². The van der Waals surface area contributed by atoms with Gasteiger partial charge in [0.15, 0.2) is 0 Å². The van der Waals surface area contributed by atoms with Gasteiger partial charge in [-0.1, -0.05) is 31.4 Å². The van der Waals surface area contributed by atoms with E-state index < -0.39 is 29.4 Å². The molecule has 10 rings (SSSR count). The Labute approximate surface area is 333 Å². The van der Waals surface area contributed by atoms with Crippen molar-refractivity contribution in [3.05, 3.63) is 91.9 Å². The summed E-state index contributed by atoms with van der Waals surface area (Å²) in [5.74, 6) is -1.90. The second kappa shape index (κ2) is 13.7. The van der Waals surface area contributed by atoms with E-state index >= 15 is 8.78 Å². The number of halogens is 3. The largest absolute Gasteiger partial charge is 0.371 e. The third kappa shape index (κ3) is 5.91. The molecule has 0 radical (unpaired) electrons. The molecule has 9 nitrogen and oxygen atoms in total. The molecule has 3 aromatic carbocycles. The van der Waals surface area contributed by atoms with Gasteiger partial charge in [0.25, 0.3) is 5.56 Å². The number of nitrogens with zero attached hydrogens (tertiary/aromatic N) is 5. The number of hydrogen-bond acceptors (Lipinski definition) is 7. The molecule has 6 heterocycles. The van der Waals surface area contributed by atoms with Gasteiger partial charge >= 0.3 is 0 Å². The molecule has 5 fully saturated rings. The van der Waals surface area contributed by atoms with Crippen molar-refractivity contribution in [2.75, 3.05) is 55.6 Å². The van der Waals surface area contributed by atoms with Crippen LogP contribution < -0.4 is 20.7 Å². The van der Waals surface area contributed by atoms with Gasteiger partial charge in [0.1, 0.15) is 17.5 Å². The van der Waals surface area contributed by atoms with E-state index in [-0.39, 0.29) is 34.8 Å². The Morgan fingerprint density at radius 2 is 1.54 bits per heavy atom. The summed E-state index contributed by atoms with van der Waals surface area (Å²) in [5, 5.41) is 2.85. The average molecular weight is 826 g/mol. The van der Waals surface area contributed by atoms with Crippen LogP contribution in [0.4, 0.5) is 20.2 Å². The highest BCUT2D eigenvalue weighted by atomic mass is 79.9. The number of piperidine rings is 3. The predicted molar refractivity (Wildman–Crippen MR) is 216 cm³/mol. The lowest BCUT2D eigenvalue weighted by molar-refractivity contribution is -0.134. The highest BCUT2D eigenvalue weighted by Crippen LogP contribution is 2.52. The maximum Gasteiger partial charge on any atom is 0.281 e. The molecule has 2 amide bonds. The summed E-state index contributed by atoms with van der Waals surface area (Å²) >= 11 is 3.64. The lowest BCUT2D eigenvalue weighted by Gasteiger charge is -2.55. The standard InChI is InChI=1S/C44H47BrF2N6O3/c45-32-5-4-6-35-39(32)41(56)49-42-44(13-2-1-3-14-44)31-9-7-28(23-36(31)53(35)42)51-17-11-27(12-18-51)24-50-25-43(26-50)15-19-52(20-16-43)29-21-33(46)38(34(47)22-29)30-8-10-37(54)48-40(30)55/h4-7,9,21-23,27,30H,1-3,8,10-20,24-26H2,(H,48,54,55). The van der Waals surface area contributed by atoms with Gasteiger partial charge < -0.3 is 14.7 Å². The van der Waals surface area contributed by atoms with Gasteiger partial charge in [0.2, 0.25) is 11.8 Å². The SMILES string of the molecule is O=C1CCC(c2c(F)cc(N3CCC4(CC3)CN(CC3CCN(c5ccc6c(c5)-n5c(nc(=O)c7c(Br)cccc75)C65CCCCC5)CC3)C4)cc2F)C(=O)N1. The first-order valence-electron chi connectivity index (χ1n) is 20.5. The Balaban J connectivity index is 0.767. The van der Waals surface area contributed by atoms with Crippen molar-refractivity contribution in [1.29, 1.82) is 0 Å². The number of fused-ring (bicyclic) bond motifs is 7. The molecule has 1 atom stereocenters. The fourth-order valence-electron chi connectivity index (χ4n) is 11.2. The molecule has 292 valence electrons. The van der Waals surface area contributed by atoms with E-state index in [1.54, 1.807) is 0 Å². The topological polar surface area (TPSA) is 90.8 Å². The number of carbonyl (C=O) groups is 2. The van der Waals surface area contributed by atoms with Gasteiger partial charge in [-0.05, 0) is 114 Å². The van der Waals surface area contributed by atoms with Crippen LogP contribution in [-0.2, 0) is 15.0 Å². The number of nitrogens with one attached hydrogen (secondary N) is 1. The van der Waals surface area contributed by atoms with Crippen molar-refractivity contribution in [3.8, 4) is 5.69 Å². The van der Waals surface area contributed by atoms with Gasteiger partial charge in [-0.15, -0.1) is 0 Å². The molecule has 1 saturated carbocycles. The lowest BCUT2D eigenvalue weighted by Crippen LogP contribution is -2.61. The van der Waals surface area contributed by atoms with Crippen LogP contribution in [0.15, 0.2) is 57.8 Å². The number of carbonyl (C=O) groups excluding carboxylic acids is 2. The molecule has 12 heteroatoms. The fourth-order valence-corrected chi connectivity index (χ4v) is 11.8. The van der Waals surface area contributed by atoms with Gasteiger partial charge in [0, 0.05) is 73.6 Å². The second-order valence-electron chi connectivity index (χ2n) is 17.5. The zero-order valence-electron chi connectivity index (χ0n) is 31.6. The molecule has 6 aliphatic rings. The van der Waals surface area contributed by atoms with Gasteiger partial charge in [-0.25, -0.2) is 8.78 Å². The van der Waals surface area contributed by atoms with Gasteiger partial charge in [0.05, 0.1) is 27.9 Å². The second-order valence-corrected chi connectivity index (χ2v) is 18.3. The van der Waals surface area contributed by atoms with Crippen LogP contribution in [0.3, 0.4) is 0 Å². The van der Waals surface area contributed by atoms with Crippen LogP contribution in [0, 0.1) is 23.0 Å². The minimum absolute atomic E-state index is 0.0768. The monoisotopic (exact) mass is 824 g/mol. The van der Waals surface area contributed by atoms with E-state index in [4.69, 9.17) is 4.98 Å². The molecule has 56 heavy (non-hydrogen) atoms. The Bertz CT molecular complexity index is 2290. The van der Waals surface area contributed by atoms with E-state index in [9.17, 15) is 14.4 Å². The van der Waals surface area contributed by atoms with E-state index in [0.29, 0.717) is 17.0 Å². The number of likely N-dealkylation sites (tertiary alicyclic amines) is 1. The van der Waals surface area contributed by atoms with Crippen LogP contribution in [0.2, 0.25) is 0 Å². The first-order chi connectivity index (χ1) is 27.1. The van der Waals surface area contributed by atoms with Crippen LogP contribution >= 0.6 is 15.9 Å². The highest BCUT2D eigenvalue weighted by Gasteiger charge is 2.48. The number of benzene rings is 3. The van der Waals surface area contributed by atoms with Crippen LogP contribution in [0.25, 0.3) is 16.6 Å². The van der Waals surface area contributed by atoms with E-state index in [1.807, 2.05) is 12.1 Å². The average Bonchev–Trinajstić information content (AvgIpc) is 3.43. The summed E-state index contributed by atoms with van der Waals surface area (Å²) in [6.07, 6.45) is 10.0. The highest BCUT2D eigenvalue weighted by molar-refractivity contribution is 9.10. The Morgan fingerprint density at radius 3 is 2.25 bits per heavy atom.